The number of carboxylic acids is 1. The Hall–Kier alpha value is -2.36. The van der Waals surface area contributed by atoms with E-state index in [0.29, 0.717) is 5.69 Å². The lowest BCUT2D eigenvalue weighted by Crippen LogP contribution is -2.05. The van der Waals surface area contributed by atoms with E-state index in [4.69, 9.17) is 5.11 Å². The van der Waals surface area contributed by atoms with Gasteiger partial charge >= 0.3 is 11.8 Å². The summed E-state index contributed by atoms with van der Waals surface area (Å²) in [6, 6.07) is 0. The third-order valence-electron chi connectivity index (χ3n) is 1.75. The van der Waals surface area contributed by atoms with Crippen LogP contribution in [0.1, 0.15) is 15.5 Å². The van der Waals surface area contributed by atoms with Crippen LogP contribution in [0.25, 0.3) is 0 Å². The van der Waals surface area contributed by atoms with E-state index < -0.39 is 10.9 Å². The first-order valence-corrected chi connectivity index (χ1v) is 5.16. The highest BCUT2D eigenvalue weighted by atomic mass is 32.1. The summed E-state index contributed by atoms with van der Waals surface area (Å²) in [6.07, 6.45) is 1.02. The maximum atomic E-state index is 10.6. The second-order valence-electron chi connectivity index (χ2n) is 2.94. The number of aromatic nitrogens is 4. The first-order valence-electron chi connectivity index (χ1n) is 4.28. The van der Waals surface area contributed by atoms with E-state index in [9.17, 15) is 14.9 Å². The Morgan fingerprint density at radius 2 is 2.41 bits per heavy atom. The van der Waals surface area contributed by atoms with Gasteiger partial charge in [0.15, 0.2) is 6.20 Å². The van der Waals surface area contributed by atoms with E-state index in [1.165, 1.54) is 0 Å². The van der Waals surface area contributed by atoms with Crippen molar-refractivity contribution >= 4 is 23.1 Å². The Labute approximate surface area is 97.5 Å². The molecule has 0 aliphatic carbocycles. The van der Waals surface area contributed by atoms with Crippen LogP contribution in [0, 0.1) is 10.1 Å². The average molecular weight is 255 g/mol. The molecule has 0 aliphatic rings. The van der Waals surface area contributed by atoms with E-state index in [2.05, 4.69) is 15.2 Å². The van der Waals surface area contributed by atoms with E-state index in [-0.39, 0.29) is 17.4 Å². The number of rotatable bonds is 4. The molecule has 0 fully saturated rings. The topological polar surface area (TPSA) is 124 Å². The van der Waals surface area contributed by atoms with Crippen LogP contribution in [-0.4, -0.2) is 36.0 Å². The fourth-order valence-corrected chi connectivity index (χ4v) is 1.72. The average Bonchev–Trinajstić information content (AvgIpc) is 2.87. The van der Waals surface area contributed by atoms with Gasteiger partial charge in [0.25, 0.3) is 0 Å². The minimum absolute atomic E-state index is 0.0401. The van der Waals surface area contributed by atoms with Gasteiger partial charge in [-0.25, -0.2) is 9.78 Å². The zero-order valence-corrected chi connectivity index (χ0v) is 8.99. The normalized spacial score (nSPS) is 10.4. The van der Waals surface area contributed by atoms with Crippen molar-refractivity contribution in [2.45, 2.75) is 6.54 Å². The SMILES string of the molecule is O=C(O)c1nc(Cn2ncc([N+](=O)[O-])n2)cs1. The molecule has 2 aromatic rings. The quantitative estimate of drug-likeness (QED) is 0.618. The van der Waals surface area contributed by atoms with Gasteiger partial charge in [0.1, 0.15) is 6.54 Å². The summed E-state index contributed by atoms with van der Waals surface area (Å²) in [5.74, 6) is -1.47. The standard InChI is InChI=1S/C7H5N5O4S/c13-7(14)6-9-4(3-17-6)2-11-8-1-5(10-11)12(15)16/h1,3H,2H2,(H,13,14). The van der Waals surface area contributed by atoms with Gasteiger partial charge in [-0.05, 0) is 4.92 Å². The summed E-state index contributed by atoms with van der Waals surface area (Å²) in [6.45, 7) is 0.0949. The van der Waals surface area contributed by atoms with E-state index in [0.717, 1.165) is 22.3 Å². The number of hydrogen-bond donors (Lipinski definition) is 1. The molecule has 2 aromatic heterocycles. The van der Waals surface area contributed by atoms with Crippen molar-refractivity contribution in [3.63, 3.8) is 0 Å². The molecule has 0 aliphatic heterocycles. The molecule has 0 radical (unpaired) electrons. The van der Waals surface area contributed by atoms with Crippen LogP contribution < -0.4 is 0 Å². The summed E-state index contributed by atoms with van der Waals surface area (Å²) in [4.78, 5) is 25.2. The minimum atomic E-state index is -1.11. The number of nitro groups is 1. The van der Waals surface area contributed by atoms with Crippen LogP contribution >= 0.6 is 11.3 Å². The van der Waals surface area contributed by atoms with Crippen molar-refractivity contribution in [3.05, 3.63) is 32.4 Å². The number of carboxylic acid groups (broad SMARTS) is 1. The molecule has 0 amide bonds. The van der Waals surface area contributed by atoms with Crippen LogP contribution in [0.3, 0.4) is 0 Å². The zero-order chi connectivity index (χ0) is 12.4. The Morgan fingerprint density at radius 3 is 2.94 bits per heavy atom. The Morgan fingerprint density at radius 1 is 1.65 bits per heavy atom. The predicted octanol–water partition coefficient (Wildman–Crippen LogP) is 0.389. The maximum absolute atomic E-state index is 10.6. The molecular weight excluding hydrogens is 250 g/mol. The molecule has 0 spiro atoms. The number of aromatic carboxylic acids is 1. The molecular formula is C7H5N5O4S. The third kappa shape index (κ3) is 2.42. The van der Waals surface area contributed by atoms with E-state index >= 15 is 0 Å². The van der Waals surface area contributed by atoms with E-state index in [1.54, 1.807) is 5.38 Å². The van der Waals surface area contributed by atoms with Gasteiger partial charge < -0.3 is 15.2 Å². The predicted molar refractivity (Wildman–Crippen MR) is 54.9 cm³/mol. The van der Waals surface area contributed by atoms with Crippen LogP contribution in [0.15, 0.2) is 11.6 Å². The molecule has 2 heterocycles. The molecule has 0 bridgehead atoms. The van der Waals surface area contributed by atoms with Crippen LogP contribution in [0.2, 0.25) is 0 Å². The molecule has 0 aromatic carbocycles. The molecule has 10 heteroatoms. The van der Waals surface area contributed by atoms with Crippen molar-refractivity contribution in [3.8, 4) is 0 Å². The third-order valence-corrected chi connectivity index (χ3v) is 2.63. The fourth-order valence-electron chi connectivity index (χ4n) is 1.07. The maximum Gasteiger partial charge on any atom is 0.410 e. The Kier molecular flexibility index (Phi) is 2.78. The van der Waals surface area contributed by atoms with Crippen molar-refractivity contribution in [1.82, 2.24) is 20.0 Å². The summed E-state index contributed by atoms with van der Waals surface area (Å²) in [7, 11) is 0. The van der Waals surface area contributed by atoms with Crippen molar-refractivity contribution < 1.29 is 14.8 Å². The highest BCUT2D eigenvalue weighted by Gasteiger charge is 2.15. The molecule has 2 rings (SSSR count). The first kappa shape index (κ1) is 11.1. The molecule has 0 unspecified atom stereocenters. The first-order chi connectivity index (χ1) is 8.06. The second kappa shape index (κ2) is 4.25. The number of nitrogens with zero attached hydrogens (tertiary/aromatic N) is 5. The van der Waals surface area contributed by atoms with Gasteiger partial charge in [-0.3, -0.25) is 0 Å². The molecule has 17 heavy (non-hydrogen) atoms. The lowest BCUT2D eigenvalue weighted by molar-refractivity contribution is -0.389. The number of carbonyl (C=O) groups is 1. The monoisotopic (exact) mass is 255 g/mol. The molecule has 88 valence electrons. The molecule has 9 nitrogen and oxygen atoms in total. The van der Waals surface area contributed by atoms with Crippen molar-refractivity contribution in [1.29, 1.82) is 0 Å². The summed E-state index contributed by atoms with van der Waals surface area (Å²) >= 11 is 0.977. The lowest BCUT2D eigenvalue weighted by Gasteiger charge is -1.89. The molecule has 1 N–H and O–H groups in total. The van der Waals surface area contributed by atoms with Gasteiger partial charge in [-0.1, -0.05) is 4.80 Å². The van der Waals surface area contributed by atoms with Gasteiger partial charge in [-0.2, -0.15) is 0 Å². The second-order valence-corrected chi connectivity index (χ2v) is 3.80. The van der Waals surface area contributed by atoms with Crippen LogP contribution in [0.4, 0.5) is 5.82 Å². The van der Waals surface area contributed by atoms with Gasteiger partial charge in [0, 0.05) is 5.38 Å². The van der Waals surface area contributed by atoms with Crippen LogP contribution in [0.5, 0.6) is 0 Å². The Balaban J connectivity index is 2.13. The van der Waals surface area contributed by atoms with Gasteiger partial charge in [0.05, 0.1) is 10.8 Å². The zero-order valence-electron chi connectivity index (χ0n) is 8.18. The van der Waals surface area contributed by atoms with E-state index in [1.807, 2.05) is 0 Å². The minimum Gasteiger partial charge on any atom is -0.476 e. The highest BCUT2D eigenvalue weighted by molar-refractivity contribution is 7.11. The molecule has 0 saturated carbocycles. The van der Waals surface area contributed by atoms with Gasteiger partial charge in [0.2, 0.25) is 5.01 Å². The van der Waals surface area contributed by atoms with Gasteiger partial charge in [-0.15, -0.1) is 16.4 Å². The summed E-state index contributed by atoms with van der Waals surface area (Å²) in [5, 5.41) is 27.8. The fraction of sp³-hybridized carbons (Fsp3) is 0.143. The largest absolute Gasteiger partial charge is 0.476 e. The highest BCUT2D eigenvalue weighted by Crippen LogP contribution is 2.11. The Bertz CT molecular complexity index is 526. The van der Waals surface area contributed by atoms with Crippen molar-refractivity contribution in [2.75, 3.05) is 0 Å². The lowest BCUT2D eigenvalue weighted by atomic mass is 10.5. The van der Waals surface area contributed by atoms with Crippen LogP contribution in [-0.2, 0) is 6.54 Å². The molecule has 0 saturated heterocycles. The number of hydrogen-bond acceptors (Lipinski definition) is 7. The summed E-state index contributed by atoms with van der Waals surface area (Å²) < 4.78 is 0. The van der Waals surface area contributed by atoms with Crippen molar-refractivity contribution in [2.24, 2.45) is 0 Å². The molecule has 0 atom stereocenters. The smallest absolute Gasteiger partial charge is 0.410 e. The number of thiazole rings is 1. The summed E-state index contributed by atoms with van der Waals surface area (Å²) in [5.41, 5.74) is 0.442.